The van der Waals surface area contributed by atoms with Gasteiger partial charge in [0.2, 0.25) is 0 Å². The number of benzene rings is 9. The third-order valence-corrected chi connectivity index (χ3v) is 13.2. The smallest absolute Gasteiger partial charge is 0.165 e. The Morgan fingerprint density at radius 1 is 0.339 bits per heavy atom. The van der Waals surface area contributed by atoms with Crippen LogP contribution in [0.2, 0.25) is 0 Å². The molecule has 0 saturated carbocycles. The maximum absolute atomic E-state index is 5.78. The number of fused-ring (bicyclic) bond motifs is 19. The lowest BCUT2D eigenvalue weighted by atomic mass is 9.99. The number of para-hydroxylation sites is 4. The van der Waals surface area contributed by atoms with E-state index >= 15 is 0 Å². The lowest BCUT2D eigenvalue weighted by Gasteiger charge is -2.09. The van der Waals surface area contributed by atoms with Crippen LogP contribution in [-0.4, -0.2) is 23.3 Å². The summed E-state index contributed by atoms with van der Waals surface area (Å²) >= 11 is 0. The molecule has 0 spiro atoms. The van der Waals surface area contributed by atoms with Crippen LogP contribution in [-0.2, 0) is 0 Å². The molecule has 0 aliphatic heterocycles. The quantitative estimate of drug-likeness (QED) is 0.177. The fourth-order valence-electron chi connectivity index (χ4n) is 10.9. The molecular weight excluding hydrogens is 719 g/mol. The molecule has 59 heavy (non-hydrogen) atoms. The molecule has 0 aliphatic carbocycles. The van der Waals surface area contributed by atoms with Gasteiger partial charge in [0.05, 0.1) is 33.1 Å². The summed E-state index contributed by atoms with van der Waals surface area (Å²) in [7, 11) is 0. The van der Waals surface area contributed by atoms with Gasteiger partial charge in [-0.1, -0.05) is 140 Å². The van der Waals surface area contributed by atoms with E-state index in [9.17, 15) is 0 Å². The highest BCUT2D eigenvalue weighted by Crippen LogP contribution is 2.47. The Labute approximate surface area is 334 Å². The van der Waals surface area contributed by atoms with Crippen LogP contribution in [0.4, 0.5) is 0 Å². The molecule has 15 rings (SSSR count). The van der Waals surface area contributed by atoms with Gasteiger partial charge in [-0.25, -0.2) is 9.97 Å². The summed E-state index contributed by atoms with van der Waals surface area (Å²) < 4.78 is 7.21. The fraction of sp³-hybridized carbons (Fsp3) is 0. The second-order valence-electron chi connectivity index (χ2n) is 16.1. The molecule has 270 valence electrons. The van der Waals surface area contributed by atoms with Crippen LogP contribution in [0.1, 0.15) is 0 Å². The van der Waals surface area contributed by atoms with Crippen molar-refractivity contribution in [3.05, 3.63) is 176 Å². The third-order valence-electron chi connectivity index (χ3n) is 13.2. The van der Waals surface area contributed by atoms with Gasteiger partial charge in [-0.05, 0) is 58.1 Å². The monoisotopic (exact) mass is 747 g/mol. The van der Waals surface area contributed by atoms with Gasteiger partial charge in [0.15, 0.2) is 11.3 Å². The van der Waals surface area contributed by atoms with Crippen molar-refractivity contribution in [3.63, 3.8) is 0 Å². The van der Waals surface area contributed by atoms with E-state index in [1.807, 2.05) is 0 Å². The standard InChI is InChI=1S/C54H29N5/c1-2-14-33(15-3-1)57-44-23-9-8-18-37(44)42-28-32(25-27-45(42)57)36-19-10-20-38-39-21-11-22-41-47-53(58(50(36)38)51(39)41)56-48-46-34-16-6-5-13-31(34)29-43-40-26-24-30-12-4-7-17-35(30)49(40)59(52(43)46)54(48)55-47/h1-29H. The van der Waals surface area contributed by atoms with Crippen LogP contribution in [0, 0.1) is 0 Å². The van der Waals surface area contributed by atoms with Crippen molar-refractivity contribution >= 4 is 120 Å². The first-order chi connectivity index (χ1) is 29.3. The Bertz CT molecular complexity index is 4300. The van der Waals surface area contributed by atoms with Crippen LogP contribution < -0.4 is 0 Å². The average Bonchev–Trinajstić information content (AvgIpc) is 4.08. The molecule has 15 aromatic rings. The van der Waals surface area contributed by atoms with Gasteiger partial charge in [-0.15, -0.1) is 0 Å². The van der Waals surface area contributed by atoms with Crippen molar-refractivity contribution in [1.82, 2.24) is 23.3 Å². The van der Waals surface area contributed by atoms with E-state index < -0.39 is 0 Å². The summed E-state index contributed by atoms with van der Waals surface area (Å²) in [5.41, 5.74) is 14.3. The van der Waals surface area contributed by atoms with Gasteiger partial charge in [0.1, 0.15) is 11.0 Å². The zero-order valence-electron chi connectivity index (χ0n) is 31.5. The van der Waals surface area contributed by atoms with Crippen LogP contribution in [0.25, 0.3) is 137 Å². The van der Waals surface area contributed by atoms with Crippen molar-refractivity contribution in [2.24, 2.45) is 0 Å². The average molecular weight is 748 g/mol. The largest absolute Gasteiger partial charge is 0.309 e. The lowest BCUT2D eigenvalue weighted by Crippen LogP contribution is -1.93. The zero-order valence-corrected chi connectivity index (χ0v) is 31.5. The van der Waals surface area contributed by atoms with Crippen LogP contribution in [0.3, 0.4) is 0 Å². The highest BCUT2D eigenvalue weighted by molar-refractivity contribution is 6.33. The Balaban J connectivity index is 1.10. The van der Waals surface area contributed by atoms with E-state index in [4.69, 9.17) is 9.97 Å². The molecule has 6 aromatic heterocycles. The Kier molecular flexibility index (Phi) is 5.36. The van der Waals surface area contributed by atoms with E-state index in [0.717, 1.165) is 44.3 Å². The van der Waals surface area contributed by atoms with E-state index in [1.165, 1.54) is 92.6 Å². The van der Waals surface area contributed by atoms with Gasteiger partial charge in [0.25, 0.3) is 0 Å². The van der Waals surface area contributed by atoms with Crippen LogP contribution in [0.15, 0.2) is 176 Å². The molecular formula is C54H29N5. The van der Waals surface area contributed by atoms with Gasteiger partial charge in [0, 0.05) is 59.7 Å². The summed E-state index contributed by atoms with van der Waals surface area (Å²) in [4.78, 5) is 11.5. The topological polar surface area (TPSA) is 39.5 Å². The van der Waals surface area contributed by atoms with Crippen LogP contribution in [0.5, 0.6) is 0 Å². The summed E-state index contributed by atoms with van der Waals surface area (Å²) in [6.07, 6.45) is 0. The molecule has 0 N–H and O–H groups in total. The fourth-order valence-corrected chi connectivity index (χ4v) is 10.9. The molecule has 0 unspecified atom stereocenters. The number of hydrogen-bond acceptors (Lipinski definition) is 2. The van der Waals surface area contributed by atoms with Crippen molar-refractivity contribution < 1.29 is 0 Å². The molecule has 0 amide bonds. The maximum Gasteiger partial charge on any atom is 0.165 e. The van der Waals surface area contributed by atoms with Gasteiger partial charge < -0.3 is 4.57 Å². The number of aromatic nitrogens is 5. The van der Waals surface area contributed by atoms with Gasteiger partial charge in [-0.3, -0.25) is 8.80 Å². The number of hydrogen-bond donors (Lipinski definition) is 0. The molecule has 0 aliphatic rings. The van der Waals surface area contributed by atoms with E-state index in [-0.39, 0.29) is 0 Å². The minimum atomic E-state index is 0.889. The molecule has 0 radical (unpaired) electrons. The lowest BCUT2D eigenvalue weighted by molar-refractivity contribution is 1.18. The van der Waals surface area contributed by atoms with Crippen molar-refractivity contribution in [2.75, 3.05) is 0 Å². The Morgan fingerprint density at radius 2 is 0.966 bits per heavy atom. The first-order valence-electron chi connectivity index (χ1n) is 20.3. The predicted molar refractivity (Wildman–Crippen MR) is 246 cm³/mol. The Hall–Kier alpha value is -8.02. The van der Waals surface area contributed by atoms with E-state index in [1.54, 1.807) is 0 Å². The summed E-state index contributed by atoms with van der Waals surface area (Å²) in [6, 6.07) is 64.2. The summed E-state index contributed by atoms with van der Waals surface area (Å²) in [6.45, 7) is 0. The minimum absolute atomic E-state index is 0.889. The van der Waals surface area contributed by atoms with Crippen LogP contribution >= 0.6 is 0 Å². The maximum atomic E-state index is 5.78. The van der Waals surface area contributed by atoms with Gasteiger partial charge >= 0.3 is 0 Å². The summed E-state index contributed by atoms with van der Waals surface area (Å²) in [5, 5.41) is 14.5. The number of nitrogens with zero attached hydrogens (tertiary/aromatic N) is 5. The molecule has 0 atom stereocenters. The SMILES string of the molecule is c1ccc(-n2c3ccccc3c3cc(-c4cccc5c6cccc7c8nc9c(nc8n(c45)c67)c4c5ccccc5cc5c6ccc7ccccc7c6n9c54)ccc32)cc1. The second-order valence-corrected chi connectivity index (χ2v) is 16.1. The van der Waals surface area contributed by atoms with Crippen molar-refractivity contribution in [1.29, 1.82) is 0 Å². The molecule has 9 aromatic carbocycles. The minimum Gasteiger partial charge on any atom is -0.309 e. The first-order valence-corrected chi connectivity index (χ1v) is 20.3. The zero-order chi connectivity index (χ0) is 38.1. The molecule has 0 fully saturated rings. The van der Waals surface area contributed by atoms with Gasteiger partial charge in [-0.2, -0.15) is 0 Å². The second kappa shape index (κ2) is 10.5. The summed E-state index contributed by atoms with van der Waals surface area (Å²) in [5.74, 6) is 0. The number of rotatable bonds is 2. The van der Waals surface area contributed by atoms with Crippen molar-refractivity contribution in [3.8, 4) is 16.8 Å². The molecule has 6 heterocycles. The molecule has 5 heteroatoms. The molecule has 0 bridgehead atoms. The molecule has 5 nitrogen and oxygen atoms in total. The Morgan fingerprint density at radius 3 is 1.86 bits per heavy atom. The molecule has 0 saturated heterocycles. The van der Waals surface area contributed by atoms with Crippen molar-refractivity contribution in [2.45, 2.75) is 0 Å². The highest BCUT2D eigenvalue weighted by Gasteiger charge is 2.27. The first kappa shape index (κ1) is 30.2. The van der Waals surface area contributed by atoms with E-state index in [0.29, 0.717) is 0 Å². The highest BCUT2D eigenvalue weighted by atomic mass is 15.1. The third kappa shape index (κ3) is 3.59. The van der Waals surface area contributed by atoms with E-state index in [2.05, 4.69) is 189 Å². The normalized spacial score (nSPS) is 12.7. The predicted octanol–water partition coefficient (Wildman–Crippen LogP) is 13.8.